The van der Waals surface area contributed by atoms with Gasteiger partial charge in [-0.2, -0.15) is 5.10 Å². The highest BCUT2D eigenvalue weighted by Gasteiger charge is 2.34. The molecule has 0 aromatic heterocycles. The van der Waals surface area contributed by atoms with E-state index in [1.165, 1.54) is 11.3 Å². The number of hydrogen-bond acceptors (Lipinski definition) is 5. The van der Waals surface area contributed by atoms with Crippen LogP contribution in [0, 0.1) is 5.92 Å². The highest BCUT2D eigenvalue weighted by atomic mass is 16.5. The first kappa shape index (κ1) is 16.0. The van der Waals surface area contributed by atoms with Crippen molar-refractivity contribution in [3.63, 3.8) is 0 Å². The van der Waals surface area contributed by atoms with E-state index in [4.69, 9.17) is 9.47 Å². The molecule has 130 valence electrons. The highest BCUT2D eigenvalue weighted by Crippen LogP contribution is 2.36. The van der Waals surface area contributed by atoms with Gasteiger partial charge in [-0.1, -0.05) is 36.4 Å². The molecule has 0 bridgehead atoms. The lowest BCUT2D eigenvalue weighted by Crippen LogP contribution is -2.38. The number of rotatable bonds is 5. The molecule has 5 nitrogen and oxygen atoms in total. The van der Waals surface area contributed by atoms with Crippen molar-refractivity contribution in [2.24, 2.45) is 11.0 Å². The molecule has 1 fully saturated rings. The van der Waals surface area contributed by atoms with Crippen LogP contribution in [0.1, 0.15) is 23.6 Å². The number of nitrogens with one attached hydrogen (secondary N) is 2. The first-order valence-electron chi connectivity index (χ1n) is 8.72. The number of ether oxygens (including phenoxy) is 2. The van der Waals surface area contributed by atoms with Crippen molar-refractivity contribution in [3.8, 4) is 11.5 Å². The van der Waals surface area contributed by atoms with E-state index in [2.05, 4.69) is 40.1 Å². The summed E-state index contributed by atoms with van der Waals surface area (Å²) in [6, 6.07) is 16.5. The van der Waals surface area contributed by atoms with Crippen LogP contribution in [-0.4, -0.2) is 25.9 Å². The average Bonchev–Trinajstić information content (AvgIpc) is 3.11. The van der Waals surface area contributed by atoms with E-state index < -0.39 is 0 Å². The van der Waals surface area contributed by atoms with Crippen molar-refractivity contribution in [2.75, 3.05) is 20.2 Å². The molecular weight excluding hydrogens is 314 g/mol. The minimum atomic E-state index is 0.194. The third-order valence-electron chi connectivity index (χ3n) is 4.88. The fourth-order valence-corrected chi connectivity index (χ4v) is 3.51. The van der Waals surface area contributed by atoms with Gasteiger partial charge >= 0.3 is 0 Å². The van der Waals surface area contributed by atoms with Crippen LogP contribution in [0.5, 0.6) is 11.5 Å². The van der Waals surface area contributed by atoms with Crippen LogP contribution < -0.4 is 20.2 Å². The van der Waals surface area contributed by atoms with Gasteiger partial charge in [0.25, 0.3) is 0 Å². The quantitative estimate of drug-likeness (QED) is 0.881. The van der Waals surface area contributed by atoms with Gasteiger partial charge in [0.1, 0.15) is 6.61 Å². The molecule has 0 radical (unpaired) electrons. The van der Waals surface area contributed by atoms with Gasteiger partial charge in [-0.25, -0.2) is 0 Å². The van der Waals surface area contributed by atoms with Gasteiger partial charge in [0.15, 0.2) is 11.5 Å². The molecule has 0 spiro atoms. The Morgan fingerprint density at radius 3 is 2.84 bits per heavy atom. The summed E-state index contributed by atoms with van der Waals surface area (Å²) in [4.78, 5) is 0. The molecule has 2 aromatic rings. The van der Waals surface area contributed by atoms with E-state index >= 15 is 0 Å². The summed E-state index contributed by atoms with van der Waals surface area (Å²) in [5.41, 5.74) is 6.88. The zero-order valence-corrected chi connectivity index (χ0v) is 14.4. The maximum absolute atomic E-state index is 5.95. The van der Waals surface area contributed by atoms with Gasteiger partial charge in [0.2, 0.25) is 0 Å². The van der Waals surface area contributed by atoms with Crippen LogP contribution in [0.25, 0.3) is 0 Å². The maximum atomic E-state index is 5.95. The van der Waals surface area contributed by atoms with Crippen LogP contribution >= 0.6 is 0 Å². The van der Waals surface area contributed by atoms with Gasteiger partial charge in [0, 0.05) is 31.1 Å². The van der Waals surface area contributed by atoms with Crippen molar-refractivity contribution >= 4 is 5.71 Å². The lowest BCUT2D eigenvalue weighted by molar-refractivity contribution is 0.284. The van der Waals surface area contributed by atoms with Gasteiger partial charge in [-0.05, 0) is 23.3 Å². The van der Waals surface area contributed by atoms with Gasteiger partial charge < -0.3 is 20.2 Å². The second kappa shape index (κ2) is 7.15. The Labute approximate surface area is 148 Å². The van der Waals surface area contributed by atoms with E-state index in [0.29, 0.717) is 12.5 Å². The molecule has 2 atom stereocenters. The highest BCUT2D eigenvalue weighted by molar-refractivity contribution is 5.89. The number of fused-ring (bicyclic) bond motifs is 1. The molecule has 25 heavy (non-hydrogen) atoms. The van der Waals surface area contributed by atoms with Gasteiger partial charge in [0.05, 0.1) is 13.2 Å². The van der Waals surface area contributed by atoms with Crippen LogP contribution in [0.15, 0.2) is 53.6 Å². The SMILES string of the molecule is COc1cc(C2NN=C3CCNCC32)ccc1OCc1ccccc1. The molecule has 1 saturated heterocycles. The molecule has 5 heteroatoms. The number of hydrazone groups is 1. The lowest BCUT2D eigenvalue weighted by Gasteiger charge is -2.25. The summed E-state index contributed by atoms with van der Waals surface area (Å²) < 4.78 is 11.5. The lowest BCUT2D eigenvalue weighted by atomic mass is 9.87. The second-order valence-corrected chi connectivity index (χ2v) is 6.46. The van der Waals surface area contributed by atoms with Crippen LogP contribution in [0.2, 0.25) is 0 Å². The molecule has 2 heterocycles. The first-order chi connectivity index (χ1) is 12.3. The molecule has 2 aliphatic heterocycles. The van der Waals surface area contributed by atoms with Gasteiger partial charge in [-0.15, -0.1) is 0 Å². The topological polar surface area (TPSA) is 54.9 Å². The molecule has 2 aliphatic rings. The number of nitrogens with zero attached hydrogens (tertiary/aromatic N) is 1. The molecule has 2 unspecified atom stereocenters. The molecular formula is C20H23N3O2. The third kappa shape index (κ3) is 3.33. The predicted molar refractivity (Wildman–Crippen MR) is 98.1 cm³/mol. The van der Waals surface area contributed by atoms with Crippen molar-refractivity contribution in [2.45, 2.75) is 19.1 Å². The van der Waals surface area contributed by atoms with Crippen molar-refractivity contribution < 1.29 is 9.47 Å². The molecule has 2 aromatic carbocycles. The summed E-state index contributed by atoms with van der Waals surface area (Å²) in [6.07, 6.45) is 1.02. The standard InChI is InChI=1S/C20H23N3O2/c1-24-19-11-15(20-16-12-21-10-9-17(16)22-23-20)7-8-18(19)25-13-14-5-3-2-4-6-14/h2-8,11,16,20-21,23H,9-10,12-13H2,1H3. The Morgan fingerprint density at radius 1 is 1.12 bits per heavy atom. The van der Waals surface area contributed by atoms with E-state index in [1.54, 1.807) is 7.11 Å². The first-order valence-corrected chi connectivity index (χ1v) is 8.72. The fraction of sp³-hybridized carbons (Fsp3) is 0.350. The van der Waals surface area contributed by atoms with Crippen LogP contribution in [0.3, 0.4) is 0 Å². The zero-order chi connectivity index (χ0) is 17.1. The van der Waals surface area contributed by atoms with Crippen molar-refractivity contribution in [1.29, 1.82) is 0 Å². The van der Waals surface area contributed by atoms with E-state index in [1.807, 2.05) is 24.3 Å². The normalized spacial score (nSPS) is 21.9. The van der Waals surface area contributed by atoms with Crippen molar-refractivity contribution in [3.05, 3.63) is 59.7 Å². The number of methoxy groups -OCH3 is 1. The smallest absolute Gasteiger partial charge is 0.161 e. The number of benzene rings is 2. The molecule has 2 N–H and O–H groups in total. The van der Waals surface area contributed by atoms with Crippen LogP contribution in [-0.2, 0) is 6.61 Å². The Kier molecular flexibility index (Phi) is 4.57. The summed E-state index contributed by atoms with van der Waals surface area (Å²) in [5, 5.41) is 7.98. The molecule has 4 rings (SSSR count). The minimum absolute atomic E-state index is 0.194. The number of hydrogen-bond donors (Lipinski definition) is 2. The Hall–Kier alpha value is -2.53. The maximum Gasteiger partial charge on any atom is 0.161 e. The monoisotopic (exact) mass is 337 g/mol. The summed E-state index contributed by atoms with van der Waals surface area (Å²) in [6.45, 7) is 2.50. The predicted octanol–water partition coefficient (Wildman–Crippen LogP) is 2.88. The Balaban J connectivity index is 1.50. The molecule has 0 saturated carbocycles. The summed E-state index contributed by atoms with van der Waals surface area (Å²) >= 11 is 0. The largest absolute Gasteiger partial charge is 0.493 e. The van der Waals surface area contributed by atoms with Crippen molar-refractivity contribution in [1.82, 2.24) is 10.7 Å². The Bertz CT molecular complexity index is 761. The Morgan fingerprint density at radius 2 is 2.00 bits per heavy atom. The summed E-state index contributed by atoms with van der Waals surface area (Å²) in [5.74, 6) is 1.93. The molecule has 0 aliphatic carbocycles. The minimum Gasteiger partial charge on any atom is -0.493 e. The molecule has 0 amide bonds. The van der Waals surface area contributed by atoms with E-state index in [-0.39, 0.29) is 6.04 Å². The average molecular weight is 337 g/mol. The van der Waals surface area contributed by atoms with Crippen LogP contribution in [0.4, 0.5) is 0 Å². The number of piperidine rings is 1. The van der Waals surface area contributed by atoms with Gasteiger partial charge in [-0.3, -0.25) is 0 Å². The summed E-state index contributed by atoms with van der Waals surface area (Å²) in [7, 11) is 1.68. The van der Waals surface area contributed by atoms with E-state index in [9.17, 15) is 0 Å². The van der Waals surface area contributed by atoms with E-state index in [0.717, 1.165) is 36.6 Å². The third-order valence-corrected chi connectivity index (χ3v) is 4.88. The second-order valence-electron chi connectivity index (χ2n) is 6.46. The zero-order valence-electron chi connectivity index (χ0n) is 14.4. The fourth-order valence-electron chi connectivity index (χ4n) is 3.51.